The minimum Gasteiger partial charge on any atom is -0.465 e. The lowest BCUT2D eigenvalue weighted by Gasteiger charge is -2.14. The van der Waals surface area contributed by atoms with Crippen molar-refractivity contribution in [3.63, 3.8) is 0 Å². The van der Waals surface area contributed by atoms with Gasteiger partial charge in [0.2, 0.25) is 0 Å². The molecule has 5 heteroatoms. The molecule has 1 aliphatic rings. The first kappa shape index (κ1) is 13.8. The van der Waals surface area contributed by atoms with Crippen LogP contribution in [0.15, 0.2) is 21.4 Å². The fourth-order valence-electron chi connectivity index (χ4n) is 2.30. The number of furan rings is 1. The number of rotatable bonds is 7. The van der Waals surface area contributed by atoms with Gasteiger partial charge in [-0.1, -0.05) is 0 Å². The molecule has 0 aromatic carbocycles. The van der Waals surface area contributed by atoms with Crippen molar-refractivity contribution >= 4 is 11.3 Å². The van der Waals surface area contributed by atoms with E-state index in [0.29, 0.717) is 0 Å². The predicted octanol–water partition coefficient (Wildman–Crippen LogP) is 2.93. The third-order valence-corrected chi connectivity index (χ3v) is 4.20. The summed E-state index contributed by atoms with van der Waals surface area (Å²) in [7, 11) is 2.12. The van der Waals surface area contributed by atoms with Crippen molar-refractivity contribution in [3.8, 4) is 0 Å². The summed E-state index contributed by atoms with van der Waals surface area (Å²) in [5.41, 5.74) is 4.29. The predicted molar refractivity (Wildman–Crippen MR) is 80.6 cm³/mol. The number of hydrogen-bond donors (Lipinski definition) is 1. The Morgan fingerprint density at radius 2 is 2.30 bits per heavy atom. The lowest BCUT2D eigenvalue weighted by atomic mass is 10.2. The van der Waals surface area contributed by atoms with Gasteiger partial charge in [-0.05, 0) is 32.9 Å². The van der Waals surface area contributed by atoms with E-state index in [1.807, 2.05) is 12.4 Å². The summed E-state index contributed by atoms with van der Waals surface area (Å²) in [6.45, 7) is 4.67. The Morgan fingerprint density at radius 3 is 3.00 bits per heavy atom. The molecule has 1 aliphatic carbocycles. The van der Waals surface area contributed by atoms with E-state index in [1.54, 1.807) is 11.3 Å². The zero-order valence-corrected chi connectivity index (χ0v) is 12.9. The molecule has 0 amide bonds. The van der Waals surface area contributed by atoms with Gasteiger partial charge >= 0.3 is 0 Å². The van der Waals surface area contributed by atoms with Gasteiger partial charge in [0.25, 0.3) is 0 Å². The minimum atomic E-state index is 0.719. The highest BCUT2D eigenvalue weighted by Crippen LogP contribution is 2.21. The van der Waals surface area contributed by atoms with Crippen LogP contribution >= 0.6 is 11.3 Å². The van der Waals surface area contributed by atoms with Crippen molar-refractivity contribution in [2.24, 2.45) is 0 Å². The zero-order chi connectivity index (χ0) is 13.9. The molecule has 0 saturated heterocycles. The SMILES string of the molecule is Cc1oc(CNC2CC2)cc1CN(C)Cc1cscn1. The Kier molecular flexibility index (Phi) is 4.19. The van der Waals surface area contributed by atoms with Gasteiger partial charge in [-0.3, -0.25) is 4.90 Å². The molecule has 0 spiro atoms. The van der Waals surface area contributed by atoms with E-state index in [4.69, 9.17) is 4.42 Å². The van der Waals surface area contributed by atoms with Crippen molar-refractivity contribution in [1.29, 1.82) is 0 Å². The summed E-state index contributed by atoms with van der Waals surface area (Å²) >= 11 is 1.65. The van der Waals surface area contributed by atoms with Crippen molar-refractivity contribution in [2.75, 3.05) is 7.05 Å². The number of aromatic nitrogens is 1. The second-order valence-electron chi connectivity index (χ2n) is 5.60. The van der Waals surface area contributed by atoms with Crippen molar-refractivity contribution in [3.05, 3.63) is 39.7 Å². The second-order valence-corrected chi connectivity index (χ2v) is 6.32. The first-order chi connectivity index (χ1) is 9.70. The van der Waals surface area contributed by atoms with E-state index < -0.39 is 0 Å². The van der Waals surface area contributed by atoms with Crippen LogP contribution in [0.4, 0.5) is 0 Å². The monoisotopic (exact) mass is 291 g/mol. The Morgan fingerprint density at radius 1 is 1.45 bits per heavy atom. The van der Waals surface area contributed by atoms with Crippen LogP contribution in [-0.2, 0) is 19.6 Å². The summed E-state index contributed by atoms with van der Waals surface area (Å²) in [4.78, 5) is 6.59. The molecule has 4 nitrogen and oxygen atoms in total. The Balaban J connectivity index is 1.55. The van der Waals surface area contributed by atoms with Gasteiger partial charge in [0, 0.05) is 30.1 Å². The summed E-state index contributed by atoms with van der Waals surface area (Å²) in [6.07, 6.45) is 2.62. The zero-order valence-electron chi connectivity index (χ0n) is 12.1. The smallest absolute Gasteiger partial charge is 0.118 e. The summed E-state index contributed by atoms with van der Waals surface area (Å²) in [5, 5.41) is 5.59. The van der Waals surface area contributed by atoms with E-state index in [1.165, 1.54) is 18.4 Å². The van der Waals surface area contributed by atoms with E-state index in [9.17, 15) is 0 Å². The Hall–Kier alpha value is -1.17. The standard InChI is InChI=1S/C15H21N3OS/c1-11-12(5-15(19-11)6-16-13-3-4-13)7-18(2)8-14-9-20-10-17-14/h5,9-10,13,16H,3-4,6-8H2,1-2H3. The highest BCUT2D eigenvalue weighted by molar-refractivity contribution is 7.07. The lowest BCUT2D eigenvalue weighted by Crippen LogP contribution is -2.17. The van der Waals surface area contributed by atoms with Gasteiger partial charge in [0.1, 0.15) is 11.5 Å². The molecule has 0 radical (unpaired) electrons. The number of thiazole rings is 1. The summed E-state index contributed by atoms with van der Waals surface area (Å²) < 4.78 is 5.83. The third-order valence-electron chi connectivity index (χ3n) is 3.57. The molecule has 2 heterocycles. The van der Waals surface area contributed by atoms with E-state index in [0.717, 1.165) is 42.9 Å². The fraction of sp³-hybridized carbons (Fsp3) is 0.533. The second kappa shape index (κ2) is 6.08. The molecular weight excluding hydrogens is 270 g/mol. The topological polar surface area (TPSA) is 41.3 Å². The molecule has 0 atom stereocenters. The maximum atomic E-state index is 5.83. The average Bonchev–Trinajstić information content (AvgIpc) is 2.99. The maximum absolute atomic E-state index is 5.83. The van der Waals surface area contributed by atoms with Crippen molar-refractivity contribution < 1.29 is 4.42 Å². The largest absolute Gasteiger partial charge is 0.465 e. The van der Waals surface area contributed by atoms with Crippen LogP contribution in [0.2, 0.25) is 0 Å². The highest BCUT2D eigenvalue weighted by atomic mass is 32.1. The number of hydrogen-bond acceptors (Lipinski definition) is 5. The first-order valence-corrected chi connectivity index (χ1v) is 8.02. The van der Waals surface area contributed by atoms with Crippen LogP contribution in [0, 0.1) is 6.92 Å². The quantitative estimate of drug-likeness (QED) is 0.851. The molecule has 3 rings (SSSR count). The fourth-order valence-corrected chi connectivity index (χ4v) is 2.85. The molecule has 2 aromatic heterocycles. The molecule has 0 bridgehead atoms. The minimum absolute atomic E-state index is 0.719. The summed E-state index contributed by atoms with van der Waals surface area (Å²) in [5.74, 6) is 2.08. The van der Waals surface area contributed by atoms with Crippen LogP contribution < -0.4 is 5.32 Å². The van der Waals surface area contributed by atoms with Crippen molar-refractivity contribution in [2.45, 2.75) is 45.4 Å². The molecule has 1 N–H and O–H groups in total. The van der Waals surface area contributed by atoms with Crippen LogP contribution in [0.1, 0.15) is 35.6 Å². The molecule has 20 heavy (non-hydrogen) atoms. The van der Waals surface area contributed by atoms with Crippen LogP contribution in [0.3, 0.4) is 0 Å². The number of aryl methyl sites for hydroxylation is 1. The van der Waals surface area contributed by atoms with Gasteiger partial charge in [0.05, 0.1) is 17.7 Å². The summed E-state index contributed by atoms with van der Waals surface area (Å²) in [6, 6.07) is 2.90. The van der Waals surface area contributed by atoms with E-state index >= 15 is 0 Å². The van der Waals surface area contributed by atoms with Crippen LogP contribution in [0.25, 0.3) is 0 Å². The van der Waals surface area contributed by atoms with Gasteiger partial charge in [-0.25, -0.2) is 4.98 Å². The van der Waals surface area contributed by atoms with E-state index in [-0.39, 0.29) is 0 Å². The molecular formula is C15H21N3OS. The average molecular weight is 291 g/mol. The maximum Gasteiger partial charge on any atom is 0.118 e. The number of nitrogens with one attached hydrogen (secondary N) is 1. The van der Waals surface area contributed by atoms with Gasteiger partial charge in [0.15, 0.2) is 0 Å². The molecule has 1 saturated carbocycles. The van der Waals surface area contributed by atoms with Gasteiger partial charge < -0.3 is 9.73 Å². The normalized spacial score (nSPS) is 15.2. The van der Waals surface area contributed by atoms with Gasteiger partial charge in [-0.2, -0.15) is 0 Å². The Bertz CT molecular complexity index is 545. The molecule has 0 unspecified atom stereocenters. The molecule has 108 valence electrons. The third kappa shape index (κ3) is 3.69. The molecule has 1 fully saturated rings. The lowest BCUT2D eigenvalue weighted by molar-refractivity contribution is 0.313. The highest BCUT2D eigenvalue weighted by Gasteiger charge is 2.21. The van der Waals surface area contributed by atoms with Crippen LogP contribution in [0.5, 0.6) is 0 Å². The Labute approximate surface area is 123 Å². The van der Waals surface area contributed by atoms with Gasteiger partial charge in [-0.15, -0.1) is 11.3 Å². The number of nitrogens with zero attached hydrogens (tertiary/aromatic N) is 2. The van der Waals surface area contributed by atoms with E-state index in [2.05, 4.69) is 33.7 Å². The molecule has 2 aromatic rings. The van der Waals surface area contributed by atoms with Crippen LogP contribution in [-0.4, -0.2) is 23.0 Å². The molecule has 0 aliphatic heterocycles. The van der Waals surface area contributed by atoms with Crippen molar-refractivity contribution in [1.82, 2.24) is 15.2 Å². The first-order valence-electron chi connectivity index (χ1n) is 7.08.